The minimum atomic E-state index is -0.669. The molecule has 25 heavy (non-hydrogen) atoms. The summed E-state index contributed by atoms with van der Waals surface area (Å²) in [5.74, 6) is -0.669. The Morgan fingerprint density at radius 1 is 1.12 bits per heavy atom. The molecule has 0 unspecified atom stereocenters. The number of hydrogen-bond acceptors (Lipinski definition) is 5. The van der Waals surface area contributed by atoms with Crippen molar-refractivity contribution < 1.29 is 9.53 Å². The van der Waals surface area contributed by atoms with Crippen molar-refractivity contribution in [2.45, 2.75) is 6.73 Å². The maximum Gasteiger partial charge on any atom is 0.332 e. The average molecular weight is 376 g/mol. The van der Waals surface area contributed by atoms with Crippen LogP contribution in [-0.2, 0) is 16.3 Å². The first-order chi connectivity index (χ1) is 12.1. The molecule has 126 valence electrons. The lowest BCUT2D eigenvalue weighted by atomic mass is 10.2. The van der Waals surface area contributed by atoms with Crippen LogP contribution in [-0.4, -0.2) is 21.0 Å². The maximum atomic E-state index is 12.2. The van der Waals surface area contributed by atoms with E-state index in [0.717, 1.165) is 4.68 Å². The molecule has 0 aliphatic carbocycles. The Balaban J connectivity index is 1.72. The highest BCUT2D eigenvalue weighted by Crippen LogP contribution is 2.25. The Kier molecular flexibility index (Phi) is 5.11. The predicted molar refractivity (Wildman–Crippen MR) is 95.4 cm³/mol. The van der Waals surface area contributed by atoms with Gasteiger partial charge in [-0.2, -0.15) is 4.68 Å². The largest absolute Gasteiger partial charge is 0.439 e. The van der Waals surface area contributed by atoms with Crippen molar-refractivity contribution in [2.75, 3.05) is 0 Å². The number of ether oxygens (including phenoxy) is 1. The highest BCUT2D eigenvalue weighted by atomic mass is 35.5. The summed E-state index contributed by atoms with van der Waals surface area (Å²) in [6.45, 7) is -0.351. The molecule has 3 rings (SSSR count). The second-order valence-corrected chi connectivity index (χ2v) is 5.79. The summed E-state index contributed by atoms with van der Waals surface area (Å²) in [5.41, 5.74) is 0.588. The van der Waals surface area contributed by atoms with Crippen molar-refractivity contribution in [1.82, 2.24) is 15.0 Å². The van der Waals surface area contributed by atoms with Crippen LogP contribution in [0.5, 0.6) is 0 Å². The third-order valence-corrected chi connectivity index (χ3v) is 4.00. The van der Waals surface area contributed by atoms with E-state index in [1.807, 2.05) is 0 Å². The van der Waals surface area contributed by atoms with E-state index >= 15 is 0 Å². The fraction of sp³-hybridized carbons (Fsp3) is 0.0588. The van der Waals surface area contributed by atoms with Crippen LogP contribution in [0.25, 0.3) is 17.0 Å². The summed E-state index contributed by atoms with van der Waals surface area (Å²) < 4.78 is 5.98. The minimum Gasteiger partial charge on any atom is -0.439 e. The van der Waals surface area contributed by atoms with Crippen molar-refractivity contribution >= 4 is 46.2 Å². The van der Waals surface area contributed by atoms with E-state index in [2.05, 4.69) is 10.3 Å². The lowest BCUT2D eigenvalue weighted by Crippen LogP contribution is -2.26. The van der Waals surface area contributed by atoms with E-state index in [9.17, 15) is 9.59 Å². The Labute approximate surface area is 152 Å². The molecule has 0 atom stereocenters. The van der Waals surface area contributed by atoms with Crippen molar-refractivity contribution in [3.05, 3.63) is 74.5 Å². The lowest BCUT2D eigenvalue weighted by molar-refractivity contribution is -0.141. The Morgan fingerprint density at radius 3 is 2.60 bits per heavy atom. The van der Waals surface area contributed by atoms with Crippen LogP contribution in [0.3, 0.4) is 0 Å². The van der Waals surface area contributed by atoms with Crippen LogP contribution >= 0.6 is 23.2 Å². The smallest absolute Gasteiger partial charge is 0.332 e. The summed E-state index contributed by atoms with van der Waals surface area (Å²) in [5, 5.41) is 8.86. The molecule has 0 aliphatic rings. The monoisotopic (exact) mass is 375 g/mol. The summed E-state index contributed by atoms with van der Waals surface area (Å²) in [6, 6.07) is 11.8. The average Bonchev–Trinajstić information content (AvgIpc) is 2.61. The van der Waals surface area contributed by atoms with Gasteiger partial charge in [0.05, 0.1) is 5.39 Å². The zero-order valence-corrected chi connectivity index (χ0v) is 14.2. The van der Waals surface area contributed by atoms with Gasteiger partial charge in [-0.3, -0.25) is 4.79 Å². The fourth-order valence-corrected chi connectivity index (χ4v) is 2.63. The van der Waals surface area contributed by atoms with Gasteiger partial charge in [-0.1, -0.05) is 46.6 Å². The normalized spacial score (nSPS) is 11.1. The molecule has 2 aromatic carbocycles. The van der Waals surface area contributed by atoms with E-state index in [0.29, 0.717) is 26.5 Å². The van der Waals surface area contributed by atoms with Crippen LogP contribution in [0.2, 0.25) is 10.0 Å². The topological polar surface area (TPSA) is 74.1 Å². The molecule has 0 aliphatic heterocycles. The zero-order valence-electron chi connectivity index (χ0n) is 12.7. The molecule has 0 radical (unpaired) electrons. The number of carbonyl (C=O) groups excluding carboxylic acids is 1. The molecule has 0 saturated heterocycles. The van der Waals surface area contributed by atoms with Crippen LogP contribution in [0.4, 0.5) is 0 Å². The maximum absolute atomic E-state index is 12.2. The molecule has 0 saturated carbocycles. The van der Waals surface area contributed by atoms with Crippen LogP contribution in [0.15, 0.2) is 53.3 Å². The second kappa shape index (κ2) is 7.46. The highest BCUT2D eigenvalue weighted by Gasteiger charge is 2.07. The summed E-state index contributed by atoms with van der Waals surface area (Å²) in [7, 11) is 0. The van der Waals surface area contributed by atoms with Crippen LogP contribution in [0, 0.1) is 0 Å². The first-order valence-corrected chi connectivity index (χ1v) is 7.93. The quantitative estimate of drug-likeness (QED) is 0.516. The molecular weight excluding hydrogens is 365 g/mol. The van der Waals surface area contributed by atoms with Gasteiger partial charge >= 0.3 is 5.97 Å². The number of carbonyl (C=O) groups is 1. The van der Waals surface area contributed by atoms with Gasteiger partial charge in [0.15, 0.2) is 6.73 Å². The summed E-state index contributed by atoms with van der Waals surface area (Å²) in [6.07, 6.45) is 2.62. The standard InChI is InChI=1S/C17H11Cl2N3O3/c18-13-5-3-6-14(19)11(13)8-9-16(23)25-10-22-17(24)12-4-1-2-7-15(12)20-21-22/h1-9H,10H2/b9-8+. The first-order valence-electron chi connectivity index (χ1n) is 7.17. The molecular formula is C17H11Cl2N3O3. The third-order valence-electron chi connectivity index (χ3n) is 3.34. The van der Waals surface area contributed by atoms with Crippen molar-refractivity contribution in [1.29, 1.82) is 0 Å². The molecule has 0 spiro atoms. The molecule has 0 bridgehead atoms. The van der Waals surface area contributed by atoms with Crippen LogP contribution in [0.1, 0.15) is 5.56 Å². The second-order valence-electron chi connectivity index (χ2n) is 4.97. The van der Waals surface area contributed by atoms with Crippen molar-refractivity contribution in [2.24, 2.45) is 0 Å². The molecule has 0 amide bonds. The van der Waals surface area contributed by atoms with Gasteiger partial charge in [0.25, 0.3) is 5.56 Å². The van der Waals surface area contributed by atoms with Crippen LogP contribution < -0.4 is 5.56 Å². The van der Waals surface area contributed by atoms with E-state index in [-0.39, 0.29) is 6.73 Å². The molecule has 0 N–H and O–H groups in total. The lowest BCUT2D eigenvalue weighted by Gasteiger charge is -2.05. The Hall–Kier alpha value is -2.70. The molecule has 6 nitrogen and oxygen atoms in total. The number of rotatable bonds is 4. The van der Waals surface area contributed by atoms with E-state index < -0.39 is 11.5 Å². The number of esters is 1. The SMILES string of the molecule is O=C(/C=C/c1c(Cl)cccc1Cl)OCn1nnc2ccccc2c1=O. The molecule has 0 fully saturated rings. The molecule has 1 aromatic heterocycles. The molecule has 3 aromatic rings. The number of halogens is 2. The number of hydrogen-bond donors (Lipinski definition) is 0. The Bertz CT molecular complexity index is 1010. The first kappa shape index (κ1) is 17.1. The fourth-order valence-electron chi connectivity index (χ4n) is 2.10. The van der Waals surface area contributed by atoms with Gasteiger partial charge in [0.1, 0.15) is 5.52 Å². The molecule has 8 heteroatoms. The van der Waals surface area contributed by atoms with Gasteiger partial charge in [-0.15, -0.1) is 5.10 Å². The zero-order chi connectivity index (χ0) is 17.8. The summed E-state index contributed by atoms with van der Waals surface area (Å²) >= 11 is 12.0. The number of benzene rings is 2. The van der Waals surface area contributed by atoms with E-state index in [1.165, 1.54) is 12.2 Å². The van der Waals surface area contributed by atoms with E-state index in [4.69, 9.17) is 27.9 Å². The van der Waals surface area contributed by atoms with Crippen molar-refractivity contribution in [3.8, 4) is 0 Å². The van der Waals surface area contributed by atoms with Crippen molar-refractivity contribution in [3.63, 3.8) is 0 Å². The Morgan fingerprint density at radius 2 is 1.84 bits per heavy atom. The third kappa shape index (κ3) is 3.87. The predicted octanol–water partition coefficient (Wildman–Crippen LogP) is 3.31. The number of aromatic nitrogens is 3. The highest BCUT2D eigenvalue weighted by molar-refractivity contribution is 6.37. The van der Waals surface area contributed by atoms with Gasteiger partial charge in [-0.25, -0.2) is 4.79 Å². The number of fused-ring (bicyclic) bond motifs is 1. The summed E-state index contributed by atoms with van der Waals surface area (Å²) in [4.78, 5) is 24.1. The van der Waals surface area contributed by atoms with Gasteiger partial charge in [0, 0.05) is 21.7 Å². The van der Waals surface area contributed by atoms with Gasteiger partial charge in [0.2, 0.25) is 0 Å². The minimum absolute atomic E-state index is 0.351. The van der Waals surface area contributed by atoms with E-state index in [1.54, 1.807) is 42.5 Å². The number of nitrogens with zero attached hydrogens (tertiary/aromatic N) is 3. The van der Waals surface area contributed by atoms with Gasteiger partial charge < -0.3 is 4.74 Å². The van der Waals surface area contributed by atoms with Gasteiger partial charge in [-0.05, 0) is 30.3 Å². The molecule has 1 heterocycles.